The Bertz CT molecular complexity index is 1060. The summed E-state index contributed by atoms with van der Waals surface area (Å²) in [6.07, 6.45) is 1.63. The molecule has 32 heavy (non-hydrogen) atoms. The van der Waals surface area contributed by atoms with Gasteiger partial charge in [-0.1, -0.05) is 23.8 Å². The number of ether oxygens (including phenoxy) is 2. The molecule has 9 heteroatoms. The monoisotopic (exact) mass is 550 g/mol. The third-order valence-electron chi connectivity index (χ3n) is 4.64. The lowest BCUT2D eigenvalue weighted by Gasteiger charge is -2.13. The lowest BCUT2D eigenvalue weighted by molar-refractivity contribution is 0.0597. The molecular formula is C23H27IN4O4. The minimum absolute atomic E-state index is 0. The molecule has 0 spiro atoms. The average Bonchev–Trinajstić information content (AvgIpc) is 3.28. The molecule has 3 aromatic rings. The van der Waals surface area contributed by atoms with E-state index >= 15 is 0 Å². The predicted molar refractivity (Wildman–Crippen MR) is 133 cm³/mol. The highest BCUT2D eigenvalue weighted by Gasteiger charge is 2.14. The van der Waals surface area contributed by atoms with Crippen LogP contribution in [0.15, 0.2) is 58.1 Å². The zero-order valence-corrected chi connectivity index (χ0v) is 20.8. The number of rotatable bonds is 7. The molecule has 8 nitrogen and oxygen atoms in total. The van der Waals surface area contributed by atoms with E-state index in [0.29, 0.717) is 36.3 Å². The van der Waals surface area contributed by atoms with Crippen LogP contribution in [0.4, 0.5) is 0 Å². The lowest BCUT2D eigenvalue weighted by Crippen LogP contribution is -2.36. The number of nitrogens with zero attached hydrogens (tertiary/aromatic N) is 2. The first-order chi connectivity index (χ1) is 15.0. The number of hydrogen-bond acceptors (Lipinski definition) is 6. The molecule has 0 saturated carbocycles. The van der Waals surface area contributed by atoms with E-state index in [0.717, 1.165) is 16.8 Å². The highest BCUT2D eigenvalue weighted by molar-refractivity contribution is 14.0. The van der Waals surface area contributed by atoms with E-state index in [1.807, 2.05) is 37.3 Å². The molecule has 1 heterocycles. The van der Waals surface area contributed by atoms with Crippen molar-refractivity contribution in [1.29, 1.82) is 0 Å². The van der Waals surface area contributed by atoms with Gasteiger partial charge in [0.25, 0.3) is 0 Å². The second-order valence-electron chi connectivity index (χ2n) is 6.82. The van der Waals surface area contributed by atoms with Gasteiger partial charge in [0.05, 0.1) is 26.5 Å². The number of esters is 1. The Labute approximate surface area is 204 Å². The van der Waals surface area contributed by atoms with Gasteiger partial charge in [-0.25, -0.2) is 9.78 Å². The van der Waals surface area contributed by atoms with Gasteiger partial charge in [0.15, 0.2) is 5.96 Å². The van der Waals surface area contributed by atoms with E-state index in [1.165, 1.54) is 19.8 Å². The normalized spacial score (nSPS) is 10.8. The number of carbonyl (C=O) groups excluding carboxylic acids is 1. The topological polar surface area (TPSA) is 98.0 Å². The van der Waals surface area contributed by atoms with Gasteiger partial charge in [-0.05, 0) is 36.8 Å². The summed E-state index contributed by atoms with van der Waals surface area (Å²) in [5.41, 5.74) is 4.13. The molecule has 0 aliphatic carbocycles. The van der Waals surface area contributed by atoms with Crippen LogP contribution >= 0.6 is 24.0 Å². The van der Waals surface area contributed by atoms with Crippen LogP contribution in [0.5, 0.6) is 5.75 Å². The van der Waals surface area contributed by atoms with Crippen molar-refractivity contribution in [1.82, 2.24) is 15.6 Å². The third kappa shape index (κ3) is 6.46. The number of benzene rings is 2. The van der Waals surface area contributed by atoms with Crippen molar-refractivity contribution in [3.8, 4) is 17.2 Å². The van der Waals surface area contributed by atoms with Crippen LogP contribution in [-0.2, 0) is 17.8 Å². The minimum Gasteiger partial charge on any atom is -0.496 e. The predicted octanol–water partition coefficient (Wildman–Crippen LogP) is 3.93. The lowest BCUT2D eigenvalue weighted by atomic mass is 10.1. The fraction of sp³-hybridized carbons (Fsp3) is 0.261. The fourth-order valence-electron chi connectivity index (χ4n) is 2.93. The minimum atomic E-state index is -0.448. The molecule has 0 aliphatic rings. The van der Waals surface area contributed by atoms with E-state index in [1.54, 1.807) is 25.4 Å². The summed E-state index contributed by atoms with van der Waals surface area (Å²) in [6.45, 7) is 2.95. The fourth-order valence-corrected chi connectivity index (χ4v) is 2.93. The maximum atomic E-state index is 11.9. The highest BCUT2D eigenvalue weighted by atomic mass is 127. The summed E-state index contributed by atoms with van der Waals surface area (Å²) >= 11 is 0. The molecule has 0 amide bonds. The number of aromatic nitrogens is 1. The van der Waals surface area contributed by atoms with Gasteiger partial charge >= 0.3 is 5.97 Å². The molecule has 0 aliphatic heterocycles. The van der Waals surface area contributed by atoms with Crippen LogP contribution in [0.1, 0.15) is 27.2 Å². The van der Waals surface area contributed by atoms with Crippen LogP contribution in [0.25, 0.3) is 11.5 Å². The van der Waals surface area contributed by atoms with Crippen LogP contribution in [-0.4, -0.2) is 38.2 Å². The van der Waals surface area contributed by atoms with Crippen molar-refractivity contribution < 1.29 is 18.7 Å². The summed E-state index contributed by atoms with van der Waals surface area (Å²) in [7, 11) is 4.54. The maximum Gasteiger partial charge on any atom is 0.341 e. The summed E-state index contributed by atoms with van der Waals surface area (Å²) < 4.78 is 15.6. The quantitative estimate of drug-likeness (QED) is 0.199. The molecule has 0 radical (unpaired) electrons. The van der Waals surface area contributed by atoms with E-state index in [9.17, 15) is 4.79 Å². The van der Waals surface area contributed by atoms with Crippen molar-refractivity contribution in [2.75, 3.05) is 21.3 Å². The first-order valence-electron chi connectivity index (χ1n) is 9.75. The number of oxazole rings is 1. The van der Waals surface area contributed by atoms with Gasteiger partial charge in [0, 0.05) is 19.2 Å². The second-order valence-corrected chi connectivity index (χ2v) is 6.82. The zero-order valence-electron chi connectivity index (χ0n) is 18.5. The van der Waals surface area contributed by atoms with Crippen LogP contribution in [0, 0.1) is 6.92 Å². The average molecular weight is 550 g/mol. The van der Waals surface area contributed by atoms with Crippen molar-refractivity contribution in [2.24, 2.45) is 4.99 Å². The van der Waals surface area contributed by atoms with Crippen molar-refractivity contribution in [3.63, 3.8) is 0 Å². The Morgan fingerprint density at radius 2 is 1.81 bits per heavy atom. The summed E-state index contributed by atoms with van der Waals surface area (Å²) in [6, 6.07) is 13.4. The van der Waals surface area contributed by atoms with Gasteiger partial charge in [-0.3, -0.25) is 4.99 Å². The summed E-state index contributed by atoms with van der Waals surface area (Å²) in [5.74, 6) is 1.19. The number of halogens is 1. The maximum absolute atomic E-state index is 11.9. The molecule has 170 valence electrons. The first-order valence-corrected chi connectivity index (χ1v) is 9.75. The number of nitrogens with one attached hydrogen (secondary N) is 2. The van der Waals surface area contributed by atoms with Gasteiger partial charge in [0.2, 0.25) is 5.89 Å². The molecule has 2 aromatic carbocycles. The molecule has 1 aromatic heterocycles. The number of methoxy groups -OCH3 is 2. The molecule has 0 bridgehead atoms. The Morgan fingerprint density at radius 3 is 2.47 bits per heavy atom. The highest BCUT2D eigenvalue weighted by Crippen LogP contribution is 2.21. The first kappa shape index (κ1) is 25.2. The van der Waals surface area contributed by atoms with Crippen LogP contribution in [0.3, 0.4) is 0 Å². The van der Waals surface area contributed by atoms with E-state index in [2.05, 4.69) is 20.6 Å². The summed E-state index contributed by atoms with van der Waals surface area (Å²) in [4.78, 5) is 20.7. The van der Waals surface area contributed by atoms with Gasteiger partial charge < -0.3 is 24.5 Å². The Morgan fingerprint density at radius 1 is 1.09 bits per heavy atom. The molecule has 0 unspecified atom stereocenters. The van der Waals surface area contributed by atoms with E-state index in [4.69, 9.17) is 13.9 Å². The number of carbonyl (C=O) groups is 1. The largest absolute Gasteiger partial charge is 0.496 e. The van der Waals surface area contributed by atoms with Crippen molar-refractivity contribution in [2.45, 2.75) is 20.0 Å². The van der Waals surface area contributed by atoms with Gasteiger partial charge in [-0.15, -0.1) is 24.0 Å². The molecular weight excluding hydrogens is 523 g/mol. The third-order valence-corrected chi connectivity index (χ3v) is 4.64. The van der Waals surface area contributed by atoms with Gasteiger partial charge in [-0.2, -0.15) is 0 Å². The number of guanidine groups is 1. The zero-order chi connectivity index (χ0) is 22.2. The molecule has 3 rings (SSSR count). The Hall–Kier alpha value is -3.08. The van der Waals surface area contributed by atoms with E-state index < -0.39 is 5.97 Å². The molecule has 0 fully saturated rings. The summed E-state index contributed by atoms with van der Waals surface area (Å²) in [5, 5.41) is 6.41. The SMILES string of the molecule is CN=C(NCc1ccc(OC)c(C(=O)OC)c1)NCc1coc(-c2ccc(C)cc2)n1.I. The number of aliphatic imine (C=N–C) groups is 1. The smallest absolute Gasteiger partial charge is 0.341 e. The molecule has 2 N–H and O–H groups in total. The Kier molecular flexibility index (Phi) is 9.51. The van der Waals surface area contributed by atoms with Crippen LogP contribution < -0.4 is 15.4 Å². The van der Waals surface area contributed by atoms with Crippen LogP contribution in [0.2, 0.25) is 0 Å². The molecule has 0 saturated heterocycles. The van der Waals surface area contributed by atoms with E-state index in [-0.39, 0.29) is 24.0 Å². The number of hydrogen-bond donors (Lipinski definition) is 2. The second kappa shape index (κ2) is 12.1. The molecule has 0 atom stereocenters. The van der Waals surface area contributed by atoms with Crippen molar-refractivity contribution >= 4 is 35.9 Å². The Balaban J connectivity index is 0.00000363. The standard InChI is InChI=1S/C23H26N4O4.HI/c1-15-5-8-17(9-6-15)21-27-18(14-31-21)13-26-23(24-2)25-12-16-7-10-20(29-3)19(11-16)22(28)30-4;/h5-11,14H,12-13H2,1-4H3,(H2,24,25,26);1H. The van der Waals surface area contributed by atoms with Crippen molar-refractivity contribution in [3.05, 3.63) is 71.1 Å². The van der Waals surface area contributed by atoms with Gasteiger partial charge in [0.1, 0.15) is 17.6 Å². The number of aryl methyl sites for hydroxylation is 1.